The van der Waals surface area contributed by atoms with E-state index in [1.54, 1.807) is 0 Å². The SMILES string of the molecule is CCN1CCC2(CC2)N(c2ccc(Br)cc2)C1=O. The molecule has 1 aliphatic heterocycles. The molecule has 0 atom stereocenters. The Morgan fingerprint density at radius 2 is 1.89 bits per heavy atom. The number of anilines is 1. The summed E-state index contributed by atoms with van der Waals surface area (Å²) in [5.74, 6) is 0. The summed E-state index contributed by atoms with van der Waals surface area (Å²) in [6.45, 7) is 3.74. The summed E-state index contributed by atoms with van der Waals surface area (Å²) < 4.78 is 1.05. The number of benzene rings is 1. The van der Waals surface area contributed by atoms with E-state index in [-0.39, 0.29) is 11.6 Å². The van der Waals surface area contributed by atoms with Crippen LogP contribution in [0.2, 0.25) is 0 Å². The second kappa shape index (κ2) is 4.26. The van der Waals surface area contributed by atoms with Crippen LogP contribution in [0.1, 0.15) is 26.2 Å². The van der Waals surface area contributed by atoms with Gasteiger partial charge in [-0.3, -0.25) is 4.90 Å². The first-order chi connectivity index (χ1) is 8.66. The van der Waals surface area contributed by atoms with Gasteiger partial charge in [0.1, 0.15) is 0 Å². The molecule has 4 heteroatoms. The summed E-state index contributed by atoms with van der Waals surface area (Å²) in [5.41, 5.74) is 1.15. The number of halogens is 1. The topological polar surface area (TPSA) is 23.6 Å². The van der Waals surface area contributed by atoms with E-state index < -0.39 is 0 Å². The summed E-state index contributed by atoms with van der Waals surface area (Å²) in [7, 11) is 0. The van der Waals surface area contributed by atoms with Gasteiger partial charge in [0.05, 0.1) is 5.54 Å². The van der Waals surface area contributed by atoms with E-state index in [1.165, 1.54) is 0 Å². The first-order valence-corrected chi connectivity index (χ1v) is 7.30. The lowest BCUT2D eigenvalue weighted by atomic mass is 10.1. The van der Waals surface area contributed by atoms with Gasteiger partial charge in [-0.05, 0) is 50.5 Å². The van der Waals surface area contributed by atoms with E-state index >= 15 is 0 Å². The highest BCUT2D eigenvalue weighted by atomic mass is 79.9. The Kier molecular flexibility index (Phi) is 2.85. The van der Waals surface area contributed by atoms with Crippen molar-refractivity contribution in [3.8, 4) is 0 Å². The van der Waals surface area contributed by atoms with Crippen molar-refractivity contribution < 1.29 is 4.79 Å². The van der Waals surface area contributed by atoms with Gasteiger partial charge in [-0.25, -0.2) is 4.79 Å². The molecule has 1 saturated carbocycles. The van der Waals surface area contributed by atoms with Crippen LogP contribution in [0.15, 0.2) is 28.7 Å². The van der Waals surface area contributed by atoms with Crippen molar-refractivity contribution in [3.63, 3.8) is 0 Å². The zero-order chi connectivity index (χ0) is 12.8. The van der Waals surface area contributed by atoms with Gasteiger partial charge in [0.25, 0.3) is 0 Å². The van der Waals surface area contributed by atoms with Crippen LogP contribution in [0.25, 0.3) is 0 Å². The molecule has 1 spiro atoms. The van der Waals surface area contributed by atoms with E-state index in [0.29, 0.717) is 0 Å². The van der Waals surface area contributed by atoms with Gasteiger partial charge in [0.15, 0.2) is 0 Å². The third-order valence-electron chi connectivity index (χ3n) is 4.08. The van der Waals surface area contributed by atoms with Crippen LogP contribution in [0.4, 0.5) is 10.5 Å². The lowest BCUT2D eigenvalue weighted by Crippen LogP contribution is -2.56. The first kappa shape index (κ1) is 12.0. The van der Waals surface area contributed by atoms with Crippen molar-refractivity contribution >= 4 is 27.6 Å². The average Bonchev–Trinajstić information content (AvgIpc) is 3.12. The summed E-state index contributed by atoms with van der Waals surface area (Å²) >= 11 is 3.44. The maximum Gasteiger partial charge on any atom is 0.324 e. The van der Waals surface area contributed by atoms with Crippen molar-refractivity contribution in [2.75, 3.05) is 18.0 Å². The molecular formula is C14H17BrN2O. The van der Waals surface area contributed by atoms with Crippen molar-refractivity contribution in [2.24, 2.45) is 0 Å². The monoisotopic (exact) mass is 308 g/mol. The summed E-state index contributed by atoms with van der Waals surface area (Å²) in [5, 5.41) is 0. The van der Waals surface area contributed by atoms with Gasteiger partial charge in [0, 0.05) is 23.2 Å². The molecule has 0 radical (unpaired) electrons. The van der Waals surface area contributed by atoms with Crippen LogP contribution in [-0.4, -0.2) is 29.6 Å². The molecule has 2 amide bonds. The minimum Gasteiger partial charge on any atom is -0.325 e. The standard InChI is InChI=1S/C14H17BrN2O/c1-2-16-10-9-14(7-8-14)17(13(16)18)12-5-3-11(15)4-6-12/h3-6H,2,7-10H2,1H3. The molecule has 3 nitrogen and oxygen atoms in total. The summed E-state index contributed by atoms with van der Waals surface area (Å²) in [4.78, 5) is 16.5. The second-order valence-electron chi connectivity index (χ2n) is 5.15. The van der Waals surface area contributed by atoms with Gasteiger partial charge in [-0.2, -0.15) is 0 Å². The molecule has 1 heterocycles. The minimum absolute atomic E-state index is 0.122. The largest absolute Gasteiger partial charge is 0.325 e. The molecule has 2 aliphatic rings. The van der Waals surface area contributed by atoms with E-state index in [9.17, 15) is 4.79 Å². The quantitative estimate of drug-likeness (QED) is 0.818. The molecular weight excluding hydrogens is 292 g/mol. The van der Waals surface area contributed by atoms with Crippen LogP contribution < -0.4 is 4.90 Å². The van der Waals surface area contributed by atoms with Gasteiger partial charge in [-0.15, -0.1) is 0 Å². The number of amides is 2. The van der Waals surface area contributed by atoms with E-state index in [2.05, 4.69) is 15.9 Å². The molecule has 1 aromatic rings. The Morgan fingerprint density at radius 3 is 2.44 bits per heavy atom. The van der Waals surface area contributed by atoms with Crippen LogP contribution in [0.5, 0.6) is 0 Å². The van der Waals surface area contributed by atoms with Crippen molar-refractivity contribution in [1.29, 1.82) is 0 Å². The van der Waals surface area contributed by atoms with Gasteiger partial charge in [-0.1, -0.05) is 15.9 Å². The number of rotatable bonds is 2. The number of nitrogens with zero attached hydrogens (tertiary/aromatic N) is 2. The Balaban J connectivity index is 1.95. The predicted molar refractivity (Wildman–Crippen MR) is 75.8 cm³/mol. The number of urea groups is 1. The maximum atomic E-state index is 12.5. The first-order valence-electron chi connectivity index (χ1n) is 6.51. The van der Waals surface area contributed by atoms with Crippen molar-refractivity contribution in [3.05, 3.63) is 28.7 Å². The molecule has 96 valence electrons. The highest BCUT2D eigenvalue weighted by Crippen LogP contribution is 2.49. The van der Waals surface area contributed by atoms with Crippen LogP contribution in [0, 0.1) is 0 Å². The predicted octanol–water partition coefficient (Wildman–Crippen LogP) is 3.63. The smallest absolute Gasteiger partial charge is 0.324 e. The highest BCUT2D eigenvalue weighted by molar-refractivity contribution is 9.10. The zero-order valence-corrected chi connectivity index (χ0v) is 12.1. The molecule has 0 N–H and O–H groups in total. The van der Waals surface area contributed by atoms with E-state index in [0.717, 1.165) is 42.5 Å². The molecule has 18 heavy (non-hydrogen) atoms. The third-order valence-corrected chi connectivity index (χ3v) is 4.61. The Labute approximate surface area is 116 Å². The molecule has 3 rings (SSSR count). The lowest BCUT2D eigenvalue weighted by molar-refractivity contribution is 0.187. The van der Waals surface area contributed by atoms with Crippen LogP contribution in [0.3, 0.4) is 0 Å². The third kappa shape index (κ3) is 1.83. The number of hydrogen-bond donors (Lipinski definition) is 0. The molecule has 0 aromatic heterocycles. The number of carbonyl (C=O) groups is 1. The summed E-state index contributed by atoms with van der Waals surface area (Å²) in [6, 6.07) is 8.24. The average molecular weight is 309 g/mol. The molecule has 2 fully saturated rings. The van der Waals surface area contributed by atoms with Gasteiger partial charge in [0.2, 0.25) is 0 Å². The van der Waals surface area contributed by atoms with Gasteiger partial charge >= 0.3 is 6.03 Å². The molecule has 1 aliphatic carbocycles. The maximum absolute atomic E-state index is 12.5. The second-order valence-corrected chi connectivity index (χ2v) is 6.06. The fourth-order valence-corrected chi connectivity index (χ4v) is 3.04. The van der Waals surface area contributed by atoms with Crippen molar-refractivity contribution in [1.82, 2.24) is 4.90 Å². The normalized spacial score (nSPS) is 21.6. The molecule has 1 saturated heterocycles. The molecule has 0 unspecified atom stereocenters. The van der Waals surface area contributed by atoms with Crippen LogP contribution in [-0.2, 0) is 0 Å². The Hall–Kier alpha value is -1.03. The zero-order valence-electron chi connectivity index (χ0n) is 10.5. The van der Waals surface area contributed by atoms with E-state index in [4.69, 9.17) is 0 Å². The molecule has 1 aromatic carbocycles. The summed E-state index contributed by atoms with van der Waals surface area (Å²) in [6.07, 6.45) is 3.39. The Bertz CT molecular complexity index is 467. The van der Waals surface area contributed by atoms with Crippen molar-refractivity contribution in [2.45, 2.75) is 31.7 Å². The lowest BCUT2D eigenvalue weighted by Gasteiger charge is -2.42. The highest BCUT2D eigenvalue weighted by Gasteiger charge is 2.54. The fraction of sp³-hybridized carbons (Fsp3) is 0.500. The Morgan fingerprint density at radius 1 is 1.22 bits per heavy atom. The van der Waals surface area contributed by atoms with Gasteiger partial charge < -0.3 is 4.90 Å². The van der Waals surface area contributed by atoms with Crippen LogP contribution >= 0.6 is 15.9 Å². The number of carbonyl (C=O) groups excluding carboxylic acids is 1. The fourth-order valence-electron chi connectivity index (χ4n) is 2.78. The van der Waals surface area contributed by atoms with E-state index in [1.807, 2.05) is 41.0 Å². The minimum atomic E-state index is 0.122. The number of hydrogen-bond acceptors (Lipinski definition) is 1. The molecule has 0 bridgehead atoms.